The van der Waals surface area contributed by atoms with E-state index in [-0.39, 0.29) is 5.39 Å². The van der Waals surface area contributed by atoms with Crippen LogP contribution in [0.15, 0.2) is 24.3 Å². The molecule has 1 aromatic carbocycles. The molecule has 2 rings (SSSR count). The molecule has 5 heteroatoms. The molecular weight excluding hydrogens is 255 g/mol. The molecule has 0 aliphatic heterocycles. The van der Waals surface area contributed by atoms with E-state index in [4.69, 9.17) is 0 Å². The van der Waals surface area contributed by atoms with E-state index in [9.17, 15) is 18.3 Å². The largest absolute Gasteiger partial charge is 0.417 e. The Bertz CT molecular complexity index is 605. The average molecular weight is 271 g/mol. The maximum absolute atomic E-state index is 13.0. The van der Waals surface area contributed by atoms with Gasteiger partial charge >= 0.3 is 6.18 Å². The smallest absolute Gasteiger partial charge is 0.384 e. The number of aliphatic hydroxyl groups is 1. The first-order chi connectivity index (χ1) is 8.66. The monoisotopic (exact) mass is 271 g/mol. The number of nitrogens with zero attached hydrogens (tertiary/aromatic N) is 1. The van der Waals surface area contributed by atoms with Crippen LogP contribution in [0.25, 0.3) is 10.9 Å². The van der Waals surface area contributed by atoms with E-state index in [2.05, 4.69) is 0 Å². The van der Waals surface area contributed by atoms with Crippen molar-refractivity contribution in [2.45, 2.75) is 39.1 Å². The molecule has 0 saturated heterocycles. The molecule has 0 fully saturated rings. The molecule has 0 bridgehead atoms. The molecule has 104 valence electrons. The number of aromatic nitrogens is 1. The van der Waals surface area contributed by atoms with Crippen LogP contribution in [0.4, 0.5) is 13.2 Å². The maximum atomic E-state index is 13.0. The number of hydrogen-bond donors (Lipinski definition) is 1. The summed E-state index contributed by atoms with van der Waals surface area (Å²) in [6.45, 7) is 5.49. The fourth-order valence-electron chi connectivity index (χ4n) is 2.38. The molecule has 2 aromatic rings. The lowest BCUT2D eigenvalue weighted by atomic mass is 10.0. The van der Waals surface area contributed by atoms with Crippen molar-refractivity contribution in [3.63, 3.8) is 0 Å². The Balaban J connectivity index is 2.83. The summed E-state index contributed by atoms with van der Waals surface area (Å²) in [5, 5.41) is 10.2. The predicted octanol–water partition coefficient (Wildman–Crippen LogP) is 3.91. The summed E-state index contributed by atoms with van der Waals surface area (Å²) in [4.78, 5) is 0. The number of fused-ring (bicyclic) bond motifs is 1. The van der Waals surface area contributed by atoms with Crippen molar-refractivity contribution in [2.24, 2.45) is 0 Å². The van der Waals surface area contributed by atoms with E-state index in [0.29, 0.717) is 17.8 Å². The van der Waals surface area contributed by atoms with Crippen molar-refractivity contribution in [3.05, 3.63) is 35.5 Å². The van der Waals surface area contributed by atoms with Gasteiger partial charge in [-0.2, -0.15) is 13.2 Å². The number of benzene rings is 1. The molecule has 0 radical (unpaired) electrons. The second-order valence-corrected chi connectivity index (χ2v) is 5.07. The lowest BCUT2D eigenvalue weighted by Gasteiger charge is -2.20. The minimum Gasteiger partial charge on any atom is -0.384 e. The van der Waals surface area contributed by atoms with Gasteiger partial charge in [0.2, 0.25) is 0 Å². The summed E-state index contributed by atoms with van der Waals surface area (Å²) in [6.07, 6.45) is -4.39. The van der Waals surface area contributed by atoms with Crippen LogP contribution < -0.4 is 0 Å². The Labute approximate surface area is 109 Å². The molecule has 0 amide bonds. The van der Waals surface area contributed by atoms with E-state index < -0.39 is 17.3 Å². The van der Waals surface area contributed by atoms with E-state index in [0.717, 1.165) is 6.07 Å². The molecule has 0 spiro atoms. The normalized spacial score (nSPS) is 13.2. The summed E-state index contributed by atoms with van der Waals surface area (Å²) in [5.74, 6) is 0. The van der Waals surface area contributed by atoms with Gasteiger partial charge in [0.15, 0.2) is 0 Å². The topological polar surface area (TPSA) is 25.2 Å². The maximum Gasteiger partial charge on any atom is 0.417 e. The standard InChI is InChI=1S/C14H16F3NO/c1-4-18-11-7-5-6-10(14(15,16)17)9(11)8-12(18)13(2,3)19/h5-8,19H,4H2,1-3H3. The van der Waals surface area contributed by atoms with Gasteiger partial charge in [-0.1, -0.05) is 6.07 Å². The summed E-state index contributed by atoms with van der Waals surface area (Å²) >= 11 is 0. The van der Waals surface area contributed by atoms with Crippen LogP contribution in [-0.4, -0.2) is 9.67 Å². The lowest BCUT2D eigenvalue weighted by Crippen LogP contribution is -2.20. The third-order valence-corrected chi connectivity index (χ3v) is 3.19. The van der Waals surface area contributed by atoms with Gasteiger partial charge in [-0.25, -0.2) is 0 Å². The van der Waals surface area contributed by atoms with E-state index in [1.54, 1.807) is 24.5 Å². The number of aryl methyl sites for hydroxylation is 1. The van der Waals surface area contributed by atoms with Crippen LogP contribution in [0.3, 0.4) is 0 Å². The first kappa shape index (κ1) is 13.9. The van der Waals surface area contributed by atoms with Gasteiger partial charge in [0.1, 0.15) is 0 Å². The van der Waals surface area contributed by atoms with Crippen LogP contribution in [0.5, 0.6) is 0 Å². The van der Waals surface area contributed by atoms with Gasteiger partial charge in [0.05, 0.1) is 16.9 Å². The molecule has 0 atom stereocenters. The van der Waals surface area contributed by atoms with Gasteiger partial charge in [-0.15, -0.1) is 0 Å². The quantitative estimate of drug-likeness (QED) is 0.880. The molecule has 1 N–H and O–H groups in total. The molecule has 0 aliphatic carbocycles. The number of hydrogen-bond acceptors (Lipinski definition) is 1. The third-order valence-electron chi connectivity index (χ3n) is 3.19. The summed E-state index contributed by atoms with van der Waals surface area (Å²) in [7, 11) is 0. The summed E-state index contributed by atoms with van der Waals surface area (Å²) in [5.41, 5.74) is -0.864. The van der Waals surface area contributed by atoms with Gasteiger partial charge in [-0.05, 0) is 39.0 Å². The Kier molecular flexibility index (Phi) is 3.13. The van der Waals surface area contributed by atoms with E-state index >= 15 is 0 Å². The Morgan fingerprint density at radius 1 is 1.21 bits per heavy atom. The Morgan fingerprint density at radius 3 is 2.32 bits per heavy atom. The van der Waals surface area contributed by atoms with Gasteiger partial charge in [-0.3, -0.25) is 0 Å². The van der Waals surface area contributed by atoms with Crippen LogP contribution in [-0.2, 0) is 18.3 Å². The molecular formula is C14H16F3NO. The second kappa shape index (κ2) is 4.27. The molecule has 0 saturated carbocycles. The predicted molar refractivity (Wildman–Crippen MR) is 67.9 cm³/mol. The zero-order valence-electron chi connectivity index (χ0n) is 11.0. The highest BCUT2D eigenvalue weighted by Gasteiger charge is 2.34. The molecule has 0 unspecified atom stereocenters. The number of rotatable bonds is 2. The van der Waals surface area contributed by atoms with Crippen LogP contribution >= 0.6 is 0 Å². The highest BCUT2D eigenvalue weighted by molar-refractivity contribution is 5.85. The average Bonchev–Trinajstić information content (AvgIpc) is 2.65. The van der Waals surface area contributed by atoms with Crippen LogP contribution in [0.1, 0.15) is 32.0 Å². The SMILES string of the molecule is CCn1c(C(C)(C)O)cc2c(C(F)(F)F)cccc21. The highest BCUT2D eigenvalue weighted by Crippen LogP contribution is 2.37. The third kappa shape index (κ3) is 2.34. The molecule has 0 aliphatic rings. The van der Waals surface area contributed by atoms with Crippen molar-refractivity contribution in [1.29, 1.82) is 0 Å². The zero-order chi connectivity index (χ0) is 14.4. The van der Waals surface area contributed by atoms with Crippen molar-refractivity contribution in [2.75, 3.05) is 0 Å². The minimum atomic E-state index is -4.39. The minimum absolute atomic E-state index is 0.133. The zero-order valence-corrected chi connectivity index (χ0v) is 11.0. The fourth-order valence-corrected chi connectivity index (χ4v) is 2.38. The number of halogens is 3. The summed E-state index contributed by atoms with van der Waals surface area (Å²) < 4.78 is 40.7. The van der Waals surface area contributed by atoms with Crippen molar-refractivity contribution >= 4 is 10.9 Å². The van der Waals surface area contributed by atoms with Gasteiger partial charge < -0.3 is 9.67 Å². The van der Waals surface area contributed by atoms with Gasteiger partial charge in [0, 0.05) is 17.4 Å². The van der Waals surface area contributed by atoms with Crippen molar-refractivity contribution < 1.29 is 18.3 Å². The van der Waals surface area contributed by atoms with E-state index in [1.807, 2.05) is 6.92 Å². The number of alkyl halides is 3. The molecule has 1 heterocycles. The Hall–Kier alpha value is -1.49. The highest BCUT2D eigenvalue weighted by atomic mass is 19.4. The first-order valence-electron chi connectivity index (χ1n) is 6.08. The summed E-state index contributed by atoms with van der Waals surface area (Å²) in [6, 6.07) is 5.53. The van der Waals surface area contributed by atoms with E-state index in [1.165, 1.54) is 12.1 Å². The fraction of sp³-hybridized carbons (Fsp3) is 0.429. The van der Waals surface area contributed by atoms with Crippen LogP contribution in [0, 0.1) is 0 Å². The second-order valence-electron chi connectivity index (χ2n) is 5.07. The Morgan fingerprint density at radius 2 is 1.84 bits per heavy atom. The molecule has 1 aromatic heterocycles. The van der Waals surface area contributed by atoms with Crippen molar-refractivity contribution in [1.82, 2.24) is 4.57 Å². The molecule has 19 heavy (non-hydrogen) atoms. The van der Waals surface area contributed by atoms with Crippen LogP contribution in [0.2, 0.25) is 0 Å². The molecule has 2 nitrogen and oxygen atoms in total. The van der Waals surface area contributed by atoms with Crippen molar-refractivity contribution in [3.8, 4) is 0 Å². The first-order valence-corrected chi connectivity index (χ1v) is 6.08. The lowest BCUT2D eigenvalue weighted by molar-refractivity contribution is -0.136. The van der Waals surface area contributed by atoms with Gasteiger partial charge in [0.25, 0.3) is 0 Å².